The second kappa shape index (κ2) is 10.8. The van der Waals surface area contributed by atoms with Gasteiger partial charge in [-0.15, -0.1) is 0 Å². The molecule has 1 unspecified atom stereocenters. The Morgan fingerprint density at radius 2 is 2.07 bits per heavy atom. The predicted molar refractivity (Wildman–Crippen MR) is 111 cm³/mol. The van der Waals surface area contributed by atoms with Crippen molar-refractivity contribution in [2.45, 2.75) is 32.5 Å². The van der Waals surface area contributed by atoms with Crippen LogP contribution in [0.25, 0.3) is 0 Å². The lowest BCUT2D eigenvalue weighted by atomic mass is 10.1. The fourth-order valence-corrected chi connectivity index (χ4v) is 3.01. The van der Waals surface area contributed by atoms with E-state index in [-0.39, 0.29) is 5.97 Å². The Morgan fingerprint density at radius 1 is 1.37 bits per heavy atom. The molecule has 30 heavy (non-hydrogen) atoms. The predicted octanol–water partition coefficient (Wildman–Crippen LogP) is 3.79. The topological polar surface area (TPSA) is 66.0 Å². The molecule has 1 aliphatic heterocycles. The second-order valence-electron chi connectivity index (χ2n) is 6.64. The average molecular weight is 424 g/mol. The maximum Gasteiger partial charge on any atom is 0.416 e. The molecule has 2 N–H and O–H groups in total. The molecule has 1 aromatic carbocycles. The van der Waals surface area contributed by atoms with Crippen LogP contribution in [0.4, 0.5) is 18.9 Å². The molecular formula is C21H27F3N4O2. The Balaban J connectivity index is 2.30. The molecule has 6 nitrogen and oxygen atoms in total. The van der Waals surface area contributed by atoms with E-state index >= 15 is 0 Å². The number of halogens is 3. The number of rotatable bonds is 6. The molecule has 0 aromatic heterocycles. The number of aliphatic imine (C=N–C) groups is 1. The molecule has 0 radical (unpaired) electrons. The van der Waals surface area contributed by atoms with Crippen molar-refractivity contribution in [2.75, 3.05) is 32.1 Å². The van der Waals surface area contributed by atoms with Crippen LogP contribution >= 0.6 is 0 Å². The van der Waals surface area contributed by atoms with Crippen LogP contribution in [0.5, 0.6) is 0 Å². The smallest absolute Gasteiger partial charge is 0.416 e. The number of alkyl halides is 3. The van der Waals surface area contributed by atoms with E-state index in [1.54, 1.807) is 12.3 Å². The molecule has 2 rings (SSSR count). The molecule has 1 atom stereocenters. The third-order valence-electron chi connectivity index (χ3n) is 4.45. The fourth-order valence-electron chi connectivity index (χ4n) is 3.01. The zero-order valence-electron chi connectivity index (χ0n) is 17.3. The normalized spacial score (nSPS) is 18.6. The first-order valence-corrected chi connectivity index (χ1v) is 9.70. The van der Waals surface area contributed by atoms with E-state index in [0.717, 1.165) is 12.1 Å². The lowest BCUT2D eigenvalue weighted by Gasteiger charge is -2.35. The Kier molecular flexibility index (Phi) is 8.46. The summed E-state index contributed by atoms with van der Waals surface area (Å²) in [6.45, 7) is 5.33. The molecule has 0 aliphatic carbocycles. The first-order chi connectivity index (χ1) is 14.3. The zero-order chi connectivity index (χ0) is 22.1. The number of carbonyl (C=O) groups is 1. The molecule has 164 valence electrons. The number of amidine groups is 1. The summed E-state index contributed by atoms with van der Waals surface area (Å²) < 4.78 is 43.3. The summed E-state index contributed by atoms with van der Waals surface area (Å²) in [6, 6.07) is 4.34. The maximum absolute atomic E-state index is 12.8. The molecule has 1 aromatic rings. The highest BCUT2D eigenvalue weighted by Gasteiger charge is 2.31. The molecule has 9 heteroatoms. The van der Waals surface area contributed by atoms with E-state index < -0.39 is 17.8 Å². The minimum absolute atomic E-state index is 0.359. The number of piperazine rings is 1. The summed E-state index contributed by atoms with van der Waals surface area (Å²) in [5, 5.41) is 6.29. The average Bonchev–Trinajstić information content (AvgIpc) is 2.73. The van der Waals surface area contributed by atoms with Crippen LogP contribution in [0.2, 0.25) is 0 Å². The lowest BCUT2D eigenvalue weighted by Crippen LogP contribution is -2.56. The van der Waals surface area contributed by atoms with E-state index in [2.05, 4.69) is 15.6 Å². The van der Waals surface area contributed by atoms with Crippen LogP contribution in [0.3, 0.4) is 0 Å². The Labute approximate surface area is 174 Å². The van der Waals surface area contributed by atoms with Gasteiger partial charge in [0, 0.05) is 31.5 Å². The van der Waals surface area contributed by atoms with E-state index in [9.17, 15) is 18.0 Å². The van der Waals surface area contributed by atoms with E-state index in [1.807, 2.05) is 24.8 Å². The molecular weight excluding hydrogens is 397 g/mol. The quantitative estimate of drug-likeness (QED) is 0.413. The van der Waals surface area contributed by atoms with E-state index in [0.29, 0.717) is 43.3 Å². The van der Waals surface area contributed by atoms with Gasteiger partial charge in [0.25, 0.3) is 0 Å². The van der Waals surface area contributed by atoms with Gasteiger partial charge in [0.15, 0.2) is 5.84 Å². The van der Waals surface area contributed by atoms with E-state index in [4.69, 9.17) is 4.74 Å². The molecule has 1 aliphatic rings. The molecule has 0 spiro atoms. The summed E-state index contributed by atoms with van der Waals surface area (Å²) in [7, 11) is 1.34. The summed E-state index contributed by atoms with van der Waals surface area (Å²) in [4.78, 5) is 18.4. The number of esters is 1. The highest BCUT2D eigenvalue weighted by molar-refractivity contribution is 6.01. The van der Waals surface area contributed by atoms with Crippen LogP contribution in [0.15, 0.2) is 53.3 Å². The molecule has 0 saturated carbocycles. The van der Waals surface area contributed by atoms with Crippen molar-refractivity contribution < 1.29 is 22.7 Å². The number of nitrogens with zero attached hydrogens (tertiary/aromatic N) is 2. The van der Waals surface area contributed by atoms with Gasteiger partial charge in [0.2, 0.25) is 0 Å². The van der Waals surface area contributed by atoms with Gasteiger partial charge in [-0.05, 0) is 37.6 Å². The third-order valence-corrected chi connectivity index (χ3v) is 4.45. The van der Waals surface area contributed by atoms with Gasteiger partial charge in [0.1, 0.15) is 6.04 Å². The zero-order valence-corrected chi connectivity index (χ0v) is 17.3. The number of benzene rings is 1. The summed E-state index contributed by atoms with van der Waals surface area (Å²) in [5.41, 5.74) is 0.455. The Morgan fingerprint density at radius 3 is 2.63 bits per heavy atom. The minimum atomic E-state index is -4.39. The summed E-state index contributed by atoms with van der Waals surface area (Å²) in [6.07, 6.45) is 1.63. The first kappa shape index (κ1) is 23.5. The Bertz CT molecular complexity index is 801. The number of methoxy groups -OCH3 is 1. The number of carbonyl (C=O) groups excluding carboxylic acids is 1. The number of hydrogen-bond acceptors (Lipinski definition) is 5. The minimum Gasteiger partial charge on any atom is -0.468 e. The maximum atomic E-state index is 12.8. The van der Waals surface area contributed by atoms with Crippen LogP contribution in [0, 0.1) is 0 Å². The van der Waals surface area contributed by atoms with Gasteiger partial charge in [-0.1, -0.05) is 19.1 Å². The largest absolute Gasteiger partial charge is 0.468 e. The fraction of sp³-hybridized carbons (Fsp3) is 0.429. The van der Waals surface area contributed by atoms with Gasteiger partial charge >= 0.3 is 12.1 Å². The number of anilines is 1. The Hall–Kier alpha value is -2.81. The van der Waals surface area contributed by atoms with Crippen LogP contribution < -0.4 is 10.6 Å². The highest BCUT2D eigenvalue weighted by atomic mass is 19.4. The monoisotopic (exact) mass is 424 g/mol. The molecule has 1 heterocycles. The number of ether oxygens (including phenoxy) is 1. The second-order valence-corrected chi connectivity index (χ2v) is 6.64. The summed E-state index contributed by atoms with van der Waals surface area (Å²) in [5.74, 6) is 0.243. The summed E-state index contributed by atoms with van der Waals surface area (Å²) >= 11 is 0. The number of allylic oxidation sites excluding steroid dienone is 2. The van der Waals surface area contributed by atoms with Crippen molar-refractivity contribution in [2.24, 2.45) is 4.99 Å². The van der Waals surface area contributed by atoms with E-state index in [1.165, 1.54) is 19.2 Å². The van der Waals surface area contributed by atoms with Crippen LogP contribution in [0.1, 0.15) is 25.8 Å². The van der Waals surface area contributed by atoms with Crippen molar-refractivity contribution in [3.05, 3.63) is 53.9 Å². The van der Waals surface area contributed by atoms with Gasteiger partial charge < -0.3 is 20.3 Å². The van der Waals surface area contributed by atoms with Gasteiger partial charge in [0.05, 0.1) is 18.4 Å². The number of hydrogen-bond donors (Lipinski definition) is 2. The van der Waals surface area contributed by atoms with Crippen molar-refractivity contribution in [1.82, 2.24) is 10.2 Å². The molecule has 1 saturated heterocycles. The standard InChI is InChI=1S/C21H27F3N4O2/c1-4-6-17(27-16-9-7-15(8-10-16)21(22,23)24)19(26-11-5-2)28-13-12-25-18(14-28)20(29)30-3/h5-11,18,25,27H,4,12-14H2,1-3H3/b11-5-,17-6-,26-19+. The van der Waals surface area contributed by atoms with Crippen molar-refractivity contribution in [3.8, 4) is 0 Å². The van der Waals surface area contributed by atoms with Gasteiger partial charge in [-0.2, -0.15) is 13.2 Å². The van der Waals surface area contributed by atoms with Crippen LogP contribution in [-0.4, -0.2) is 49.5 Å². The van der Waals surface area contributed by atoms with Crippen molar-refractivity contribution in [3.63, 3.8) is 0 Å². The van der Waals surface area contributed by atoms with Gasteiger partial charge in [-0.25, -0.2) is 4.99 Å². The molecule has 1 fully saturated rings. The molecule has 0 bridgehead atoms. The van der Waals surface area contributed by atoms with Crippen molar-refractivity contribution >= 4 is 17.5 Å². The van der Waals surface area contributed by atoms with Gasteiger partial charge in [-0.3, -0.25) is 4.79 Å². The van der Waals surface area contributed by atoms with Crippen LogP contribution in [-0.2, 0) is 15.7 Å². The van der Waals surface area contributed by atoms with Crippen molar-refractivity contribution in [1.29, 1.82) is 0 Å². The third kappa shape index (κ3) is 6.35. The number of nitrogens with one attached hydrogen (secondary N) is 2. The SMILES string of the molecule is C\C=C/N=C(\C(=C\CC)Nc1ccc(C(F)(F)F)cc1)N1CCNC(C(=O)OC)C1. The first-order valence-electron chi connectivity index (χ1n) is 9.70. The lowest BCUT2D eigenvalue weighted by molar-refractivity contribution is -0.144. The highest BCUT2D eigenvalue weighted by Crippen LogP contribution is 2.30. The molecule has 0 amide bonds.